The van der Waals surface area contributed by atoms with E-state index in [1.807, 2.05) is 0 Å². The van der Waals surface area contributed by atoms with Crippen molar-refractivity contribution in [1.29, 1.82) is 0 Å². The molecule has 4 heteroatoms. The minimum atomic E-state index is 0. The maximum absolute atomic E-state index is 5.57. The van der Waals surface area contributed by atoms with Gasteiger partial charge in [0.15, 0.2) is 0 Å². The van der Waals surface area contributed by atoms with Crippen LogP contribution in [0.2, 0.25) is 0 Å². The van der Waals surface area contributed by atoms with Crippen LogP contribution in [0.25, 0.3) is 0 Å². The van der Waals surface area contributed by atoms with Crippen LogP contribution in [0.3, 0.4) is 0 Å². The number of hydrogen-bond acceptors (Lipinski definition) is 3. The summed E-state index contributed by atoms with van der Waals surface area (Å²) in [7, 11) is 0. The molecule has 0 bridgehead atoms. The van der Waals surface area contributed by atoms with Crippen molar-refractivity contribution in [3.63, 3.8) is 0 Å². The molecule has 0 radical (unpaired) electrons. The second-order valence-electron chi connectivity index (χ2n) is 3.97. The Balaban J connectivity index is 0.000000980. The summed E-state index contributed by atoms with van der Waals surface area (Å²) in [5.74, 6) is 0. The number of nitrogens with zero attached hydrogens (tertiary/aromatic N) is 1. The van der Waals surface area contributed by atoms with Gasteiger partial charge in [-0.05, 0) is 25.9 Å². The molecule has 2 heterocycles. The van der Waals surface area contributed by atoms with Gasteiger partial charge in [0.05, 0.1) is 6.61 Å². The largest absolute Gasteiger partial charge is 0.362 e. The van der Waals surface area contributed by atoms with Crippen LogP contribution in [-0.4, -0.2) is 43.4 Å². The van der Waals surface area contributed by atoms with Crippen molar-refractivity contribution in [3.05, 3.63) is 0 Å². The Kier molecular flexibility index (Phi) is 5.17. The first-order chi connectivity index (χ1) is 6.40. The molecular weight excluding hydrogens is 200 g/mol. The second-order valence-corrected chi connectivity index (χ2v) is 3.97. The van der Waals surface area contributed by atoms with Crippen LogP contribution in [0, 0.1) is 0 Å². The maximum atomic E-state index is 5.57. The second kappa shape index (κ2) is 5.91. The first-order valence-electron chi connectivity index (χ1n) is 5.49. The van der Waals surface area contributed by atoms with E-state index in [4.69, 9.17) is 4.74 Å². The first kappa shape index (κ1) is 12.2. The molecule has 2 fully saturated rings. The number of rotatable bonds is 3. The number of hydrogen-bond donors (Lipinski definition) is 1. The summed E-state index contributed by atoms with van der Waals surface area (Å²) in [5, 5.41) is 3.38. The summed E-state index contributed by atoms with van der Waals surface area (Å²) in [4.78, 5) is 2.57. The maximum Gasteiger partial charge on any atom is 0.109 e. The molecule has 0 saturated carbocycles. The highest BCUT2D eigenvalue weighted by molar-refractivity contribution is 5.85. The van der Waals surface area contributed by atoms with Crippen molar-refractivity contribution < 1.29 is 4.74 Å². The van der Waals surface area contributed by atoms with Crippen LogP contribution in [0.1, 0.15) is 26.2 Å². The van der Waals surface area contributed by atoms with Crippen LogP contribution in [0.4, 0.5) is 0 Å². The molecule has 0 aliphatic carbocycles. The van der Waals surface area contributed by atoms with E-state index in [1.165, 1.54) is 32.4 Å². The molecule has 1 N–H and O–H groups in total. The van der Waals surface area contributed by atoms with Crippen molar-refractivity contribution in [3.8, 4) is 0 Å². The van der Waals surface area contributed by atoms with Gasteiger partial charge in [0.2, 0.25) is 0 Å². The first-order valence-corrected chi connectivity index (χ1v) is 5.49. The molecule has 2 aliphatic heterocycles. The molecule has 84 valence electrons. The van der Waals surface area contributed by atoms with E-state index in [0.29, 0.717) is 6.23 Å². The predicted molar refractivity (Wildman–Crippen MR) is 59.9 cm³/mol. The lowest BCUT2D eigenvalue weighted by Crippen LogP contribution is -2.35. The summed E-state index contributed by atoms with van der Waals surface area (Å²) in [5.41, 5.74) is 0. The smallest absolute Gasteiger partial charge is 0.109 e. The van der Waals surface area contributed by atoms with Gasteiger partial charge in [-0.15, -0.1) is 12.4 Å². The third-order valence-corrected chi connectivity index (χ3v) is 3.18. The normalized spacial score (nSPS) is 33.2. The zero-order chi connectivity index (χ0) is 9.10. The third kappa shape index (κ3) is 2.83. The highest BCUT2D eigenvalue weighted by Crippen LogP contribution is 2.21. The molecule has 2 aliphatic rings. The monoisotopic (exact) mass is 220 g/mol. The lowest BCUT2D eigenvalue weighted by Gasteiger charge is -2.24. The summed E-state index contributed by atoms with van der Waals surface area (Å²) < 4.78 is 5.57. The fraction of sp³-hybridized carbons (Fsp3) is 1.00. The van der Waals surface area contributed by atoms with Gasteiger partial charge >= 0.3 is 0 Å². The van der Waals surface area contributed by atoms with Crippen molar-refractivity contribution in [2.75, 3.05) is 26.2 Å². The molecule has 2 rings (SSSR count). The van der Waals surface area contributed by atoms with Gasteiger partial charge in [-0.25, -0.2) is 0 Å². The van der Waals surface area contributed by atoms with Gasteiger partial charge in [0.25, 0.3) is 0 Å². The van der Waals surface area contributed by atoms with Crippen LogP contribution in [0.15, 0.2) is 0 Å². The Labute approximate surface area is 92.6 Å². The number of ether oxygens (including phenoxy) is 1. The van der Waals surface area contributed by atoms with Crippen LogP contribution >= 0.6 is 12.4 Å². The van der Waals surface area contributed by atoms with Gasteiger partial charge in [0.1, 0.15) is 6.23 Å². The van der Waals surface area contributed by atoms with Crippen molar-refractivity contribution >= 4 is 12.4 Å². The molecule has 2 saturated heterocycles. The summed E-state index contributed by atoms with van der Waals surface area (Å²) >= 11 is 0. The Morgan fingerprint density at radius 3 is 3.00 bits per heavy atom. The molecule has 0 aromatic heterocycles. The van der Waals surface area contributed by atoms with Gasteiger partial charge in [-0.3, -0.25) is 5.32 Å². The standard InChI is InChI=1S/C10H20N2O.ClH/c1-2-12-6-3-4-9(12)8-10-11-5-7-13-10;/h9-11H,2-8H2,1H3;1H. The van der Waals surface area contributed by atoms with E-state index in [0.717, 1.165) is 19.2 Å². The third-order valence-electron chi connectivity index (χ3n) is 3.18. The number of nitrogens with one attached hydrogen (secondary N) is 1. The number of likely N-dealkylation sites (tertiary alicyclic amines) is 1. The van der Waals surface area contributed by atoms with Crippen LogP contribution in [0.5, 0.6) is 0 Å². The van der Waals surface area contributed by atoms with Crippen molar-refractivity contribution in [1.82, 2.24) is 10.2 Å². The zero-order valence-corrected chi connectivity index (χ0v) is 9.68. The summed E-state index contributed by atoms with van der Waals surface area (Å²) in [6, 6.07) is 0.764. The van der Waals surface area contributed by atoms with Gasteiger partial charge in [-0.1, -0.05) is 6.92 Å². The lowest BCUT2D eigenvalue weighted by atomic mass is 10.1. The SMILES string of the molecule is CCN1CCCC1CC1NCCO1.Cl. The Hall–Kier alpha value is 0.170. The Bertz CT molecular complexity index is 162. The Morgan fingerprint density at radius 1 is 1.50 bits per heavy atom. The van der Waals surface area contributed by atoms with E-state index >= 15 is 0 Å². The molecule has 3 nitrogen and oxygen atoms in total. The summed E-state index contributed by atoms with van der Waals surface area (Å²) in [6.45, 7) is 6.65. The highest BCUT2D eigenvalue weighted by Gasteiger charge is 2.27. The van der Waals surface area contributed by atoms with E-state index in [-0.39, 0.29) is 12.4 Å². The molecule has 2 atom stereocenters. The molecular formula is C10H21ClN2O. The number of halogens is 1. The van der Waals surface area contributed by atoms with Gasteiger partial charge < -0.3 is 9.64 Å². The lowest BCUT2D eigenvalue weighted by molar-refractivity contribution is 0.0705. The molecule has 2 unspecified atom stereocenters. The quantitative estimate of drug-likeness (QED) is 0.775. The van der Waals surface area contributed by atoms with E-state index in [1.54, 1.807) is 0 Å². The Morgan fingerprint density at radius 2 is 2.36 bits per heavy atom. The average Bonchev–Trinajstić information content (AvgIpc) is 2.76. The van der Waals surface area contributed by atoms with Gasteiger partial charge in [-0.2, -0.15) is 0 Å². The molecule has 0 amide bonds. The zero-order valence-electron chi connectivity index (χ0n) is 8.87. The van der Waals surface area contributed by atoms with Crippen molar-refractivity contribution in [2.45, 2.75) is 38.5 Å². The molecule has 14 heavy (non-hydrogen) atoms. The average molecular weight is 221 g/mol. The predicted octanol–water partition coefficient (Wildman–Crippen LogP) is 1.23. The van der Waals surface area contributed by atoms with Gasteiger partial charge in [0, 0.05) is 19.0 Å². The van der Waals surface area contributed by atoms with E-state index in [9.17, 15) is 0 Å². The molecule has 0 aromatic carbocycles. The molecule has 0 aromatic rings. The van der Waals surface area contributed by atoms with E-state index < -0.39 is 0 Å². The minimum Gasteiger partial charge on any atom is -0.362 e. The van der Waals surface area contributed by atoms with Crippen LogP contribution in [-0.2, 0) is 4.74 Å². The molecule has 0 spiro atoms. The van der Waals surface area contributed by atoms with Crippen LogP contribution < -0.4 is 5.32 Å². The fourth-order valence-corrected chi connectivity index (χ4v) is 2.46. The topological polar surface area (TPSA) is 24.5 Å². The van der Waals surface area contributed by atoms with E-state index in [2.05, 4.69) is 17.1 Å². The fourth-order valence-electron chi connectivity index (χ4n) is 2.46. The highest BCUT2D eigenvalue weighted by atomic mass is 35.5. The summed E-state index contributed by atoms with van der Waals surface area (Å²) in [6.07, 6.45) is 4.23. The van der Waals surface area contributed by atoms with Crippen molar-refractivity contribution in [2.24, 2.45) is 0 Å². The minimum absolute atomic E-state index is 0.